The fourth-order valence-electron chi connectivity index (χ4n) is 4.19. The Bertz CT molecular complexity index is 1660. The smallest absolute Gasteiger partial charge is 0.374 e. The largest absolute Gasteiger partial charge is 0.748 e. The SMILES string of the molecule is CCC(=Cc1oc2ccc(Cl)cc2[n+]1CCCS(=O)(=O)[O-])C=C1Oc2ccc(Cl)cc2N1CCCS(=O)(=O)O. The number of anilines is 1. The summed E-state index contributed by atoms with van der Waals surface area (Å²) in [5, 5.41) is 0.949. The van der Waals surface area contributed by atoms with E-state index < -0.39 is 31.7 Å². The summed E-state index contributed by atoms with van der Waals surface area (Å²) in [7, 11) is -8.51. The summed E-state index contributed by atoms with van der Waals surface area (Å²) in [6.45, 7) is 2.37. The third-order valence-electron chi connectivity index (χ3n) is 5.97. The summed E-state index contributed by atoms with van der Waals surface area (Å²) in [4.78, 5) is 1.78. The zero-order chi connectivity index (χ0) is 28.4. The highest BCUT2D eigenvalue weighted by Crippen LogP contribution is 2.41. The molecule has 0 amide bonds. The number of fused-ring (bicyclic) bond motifs is 2. The van der Waals surface area contributed by atoms with E-state index in [0.29, 0.717) is 50.8 Å². The van der Waals surface area contributed by atoms with Crippen molar-refractivity contribution >= 4 is 66.3 Å². The van der Waals surface area contributed by atoms with Crippen LogP contribution in [-0.4, -0.2) is 44.0 Å². The molecule has 1 aliphatic heterocycles. The second-order valence-corrected chi connectivity index (χ2v) is 12.8. The van der Waals surface area contributed by atoms with Gasteiger partial charge in [-0.2, -0.15) is 13.0 Å². The Morgan fingerprint density at radius 1 is 1.08 bits per heavy atom. The average molecular weight is 618 g/mol. The van der Waals surface area contributed by atoms with Crippen LogP contribution in [0.1, 0.15) is 32.1 Å². The van der Waals surface area contributed by atoms with Gasteiger partial charge in [0.25, 0.3) is 15.6 Å². The van der Waals surface area contributed by atoms with Crippen LogP contribution in [0, 0.1) is 0 Å². The van der Waals surface area contributed by atoms with Crippen molar-refractivity contribution in [2.45, 2.75) is 32.7 Å². The topological polar surface area (TPSA) is 141 Å². The van der Waals surface area contributed by atoms with Gasteiger partial charge in [0.2, 0.25) is 11.5 Å². The number of hydrogen-bond acceptors (Lipinski definition) is 8. The first kappa shape index (κ1) is 29.4. The van der Waals surface area contributed by atoms with Crippen molar-refractivity contribution in [2.24, 2.45) is 0 Å². The predicted molar refractivity (Wildman–Crippen MR) is 147 cm³/mol. The molecule has 10 nitrogen and oxygen atoms in total. The van der Waals surface area contributed by atoms with Crippen LogP contribution in [0.2, 0.25) is 10.0 Å². The molecule has 0 radical (unpaired) electrons. The quantitative estimate of drug-likeness (QED) is 0.238. The van der Waals surface area contributed by atoms with Crippen molar-refractivity contribution in [2.75, 3.05) is 23.0 Å². The molecular weight excluding hydrogens is 591 g/mol. The van der Waals surface area contributed by atoms with Gasteiger partial charge < -0.3 is 18.6 Å². The normalized spacial score (nSPS) is 15.3. The van der Waals surface area contributed by atoms with Gasteiger partial charge in [0, 0.05) is 40.9 Å². The molecule has 0 unspecified atom stereocenters. The van der Waals surface area contributed by atoms with E-state index >= 15 is 0 Å². The summed E-state index contributed by atoms with van der Waals surface area (Å²) in [6, 6.07) is 10.2. The standard InChI is InChI=1S/C25H26Cl2N2O8S2/c1-2-17(13-24-28(9-3-11-38(30,31)32)20-15-18(26)5-7-22(20)36-24)14-25-29(10-4-12-39(33,34)35)21-16-19(27)6-8-23(21)37-25/h5-8,13-16H,2-4,9-12H2,1H3,(H-,30,31,32,33,34,35). The monoisotopic (exact) mass is 616 g/mol. The Hall–Kier alpha value is -2.61. The molecule has 1 N–H and O–H groups in total. The first-order valence-corrected chi connectivity index (χ1v) is 15.9. The van der Waals surface area contributed by atoms with Crippen LogP contribution in [0.4, 0.5) is 5.69 Å². The lowest BCUT2D eigenvalue weighted by molar-refractivity contribution is -0.677. The highest BCUT2D eigenvalue weighted by molar-refractivity contribution is 7.85. The third-order valence-corrected chi connectivity index (χ3v) is 8.03. The lowest BCUT2D eigenvalue weighted by atomic mass is 10.1. The number of rotatable bonds is 11. The van der Waals surface area contributed by atoms with Gasteiger partial charge in [-0.25, -0.2) is 8.42 Å². The number of benzene rings is 2. The molecule has 4 rings (SSSR count). The van der Waals surface area contributed by atoms with Gasteiger partial charge in [-0.15, -0.1) is 0 Å². The first-order valence-electron chi connectivity index (χ1n) is 12.0. The maximum absolute atomic E-state index is 11.3. The lowest BCUT2D eigenvalue weighted by Crippen LogP contribution is -2.36. The van der Waals surface area contributed by atoms with Gasteiger partial charge in [0.1, 0.15) is 0 Å². The number of nitrogens with zero attached hydrogens (tertiary/aromatic N) is 2. The second-order valence-electron chi connectivity index (χ2n) is 8.88. The molecule has 0 saturated carbocycles. The van der Waals surface area contributed by atoms with Gasteiger partial charge in [-0.1, -0.05) is 30.1 Å². The van der Waals surface area contributed by atoms with Crippen molar-refractivity contribution in [3.8, 4) is 5.75 Å². The minimum atomic E-state index is -4.38. The molecule has 39 heavy (non-hydrogen) atoms. The van der Waals surface area contributed by atoms with Gasteiger partial charge >= 0.3 is 5.89 Å². The van der Waals surface area contributed by atoms with Crippen molar-refractivity contribution in [3.63, 3.8) is 0 Å². The molecule has 0 saturated heterocycles. The van der Waals surface area contributed by atoms with E-state index in [0.717, 1.165) is 5.57 Å². The van der Waals surface area contributed by atoms with Crippen molar-refractivity contribution in [1.82, 2.24) is 0 Å². The van der Waals surface area contributed by atoms with Crippen LogP contribution in [0.25, 0.3) is 17.2 Å². The number of aryl methyl sites for hydroxylation is 1. The Labute approximate surface area is 236 Å². The molecule has 0 atom stereocenters. The molecule has 210 valence electrons. The molecular formula is C25H26Cl2N2O8S2. The Morgan fingerprint density at radius 2 is 1.79 bits per heavy atom. The molecule has 0 spiro atoms. The number of oxazole rings is 1. The minimum absolute atomic E-state index is 0.0851. The highest BCUT2D eigenvalue weighted by atomic mass is 35.5. The van der Waals surface area contributed by atoms with Crippen molar-refractivity contribution in [3.05, 3.63) is 69.9 Å². The van der Waals surface area contributed by atoms with E-state index in [-0.39, 0.29) is 25.9 Å². The summed E-state index contributed by atoms with van der Waals surface area (Å²) in [6.07, 6.45) is 4.34. The fraction of sp³-hybridized carbons (Fsp3) is 0.320. The highest BCUT2D eigenvalue weighted by Gasteiger charge is 2.28. The summed E-state index contributed by atoms with van der Waals surface area (Å²) >= 11 is 12.4. The molecule has 0 aliphatic carbocycles. The molecule has 3 aromatic rings. The Balaban J connectivity index is 1.71. The van der Waals surface area contributed by atoms with E-state index in [2.05, 4.69) is 0 Å². The Morgan fingerprint density at radius 3 is 2.49 bits per heavy atom. The van der Waals surface area contributed by atoms with Crippen molar-refractivity contribution < 1.29 is 39.7 Å². The van der Waals surface area contributed by atoms with Crippen LogP contribution in [0.15, 0.2) is 58.3 Å². The Kier molecular flexibility index (Phi) is 8.94. The van der Waals surface area contributed by atoms with Crippen LogP contribution < -0.4 is 14.2 Å². The fourth-order valence-corrected chi connectivity index (χ4v) is 5.50. The zero-order valence-corrected chi connectivity index (χ0v) is 24.0. The van der Waals surface area contributed by atoms with E-state index in [1.807, 2.05) is 6.92 Å². The van der Waals surface area contributed by atoms with Gasteiger partial charge in [0.05, 0.1) is 27.6 Å². The molecule has 2 heterocycles. The second kappa shape index (κ2) is 11.9. The maximum atomic E-state index is 11.3. The predicted octanol–water partition coefficient (Wildman–Crippen LogP) is 4.77. The van der Waals surface area contributed by atoms with Crippen LogP contribution in [-0.2, 0) is 26.8 Å². The molecule has 2 aromatic carbocycles. The first-order chi connectivity index (χ1) is 18.3. The van der Waals surface area contributed by atoms with E-state index in [9.17, 15) is 21.4 Å². The third kappa shape index (κ3) is 7.74. The number of hydrogen-bond donors (Lipinski definition) is 1. The van der Waals surface area contributed by atoms with Crippen LogP contribution >= 0.6 is 23.2 Å². The van der Waals surface area contributed by atoms with E-state index in [1.54, 1.807) is 58.0 Å². The van der Waals surface area contributed by atoms with Crippen LogP contribution in [0.5, 0.6) is 5.75 Å². The minimum Gasteiger partial charge on any atom is -0.748 e. The number of ether oxygens (including phenoxy) is 1. The summed E-state index contributed by atoms with van der Waals surface area (Å²) in [5.74, 6) is 0.456. The number of halogens is 2. The summed E-state index contributed by atoms with van der Waals surface area (Å²) < 4.78 is 79.0. The van der Waals surface area contributed by atoms with Crippen molar-refractivity contribution in [1.29, 1.82) is 0 Å². The van der Waals surface area contributed by atoms with Gasteiger partial charge in [-0.3, -0.25) is 4.55 Å². The van der Waals surface area contributed by atoms with E-state index in [1.165, 1.54) is 0 Å². The lowest BCUT2D eigenvalue weighted by Gasteiger charge is -2.18. The van der Waals surface area contributed by atoms with Crippen LogP contribution in [0.3, 0.4) is 0 Å². The van der Waals surface area contributed by atoms with E-state index in [4.69, 9.17) is 36.9 Å². The van der Waals surface area contributed by atoms with Gasteiger partial charge in [-0.05, 0) is 48.7 Å². The van der Waals surface area contributed by atoms with Gasteiger partial charge in [0.15, 0.2) is 12.3 Å². The molecule has 1 aliphatic rings. The number of aromatic nitrogens is 1. The molecule has 0 bridgehead atoms. The molecule has 14 heteroatoms. The number of allylic oxidation sites excluding steroid dienone is 2. The molecule has 0 fully saturated rings. The maximum Gasteiger partial charge on any atom is 0.374 e. The molecule has 1 aromatic heterocycles. The average Bonchev–Trinajstić information content (AvgIpc) is 3.34. The summed E-state index contributed by atoms with van der Waals surface area (Å²) in [5.41, 5.74) is 2.61. The zero-order valence-electron chi connectivity index (χ0n) is 20.8.